The fourth-order valence-electron chi connectivity index (χ4n) is 2.69. The molecule has 0 unspecified atom stereocenters. The molecule has 1 N–H and O–H groups in total. The molecule has 4 rings (SSSR count). The monoisotopic (exact) mass is 286 g/mol. The van der Waals surface area contributed by atoms with E-state index in [-0.39, 0.29) is 18.4 Å². The van der Waals surface area contributed by atoms with E-state index in [2.05, 4.69) is 5.32 Å². The maximum atomic E-state index is 12.6. The van der Waals surface area contributed by atoms with Crippen LogP contribution in [0.2, 0.25) is 0 Å². The molecular weight excluding hydrogens is 268 g/mol. The van der Waals surface area contributed by atoms with E-state index in [9.17, 15) is 9.59 Å². The van der Waals surface area contributed by atoms with Crippen LogP contribution in [-0.4, -0.2) is 42.0 Å². The number of carbonyl (C=O) groups is 2. The molecular formula is C16H18N2O3. The molecule has 3 aliphatic heterocycles. The van der Waals surface area contributed by atoms with E-state index < -0.39 is 12.1 Å². The lowest BCUT2D eigenvalue weighted by molar-refractivity contribution is -0.151. The summed E-state index contributed by atoms with van der Waals surface area (Å²) in [6.45, 7) is 1.14. The molecule has 21 heavy (non-hydrogen) atoms. The Morgan fingerprint density at radius 2 is 2.00 bits per heavy atom. The van der Waals surface area contributed by atoms with Gasteiger partial charge in [0, 0.05) is 6.54 Å². The highest BCUT2D eigenvalue weighted by Crippen LogP contribution is 2.18. The van der Waals surface area contributed by atoms with Crippen molar-refractivity contribution in [1.29, 1.82) is 0 Å². The first-order valence-electron chi connectivity index (χ1n) is 7.13. The molecule has 0 radical (unpaired) electrons. The van der Waals surface area contributed by atoms with E-state index in [0.29, 0.717) is 19.6 Å². The zero-order chi connectivity index (χ0) is 14.7. The summed E-state index contributed by atoms with van der Waals surface area (Å²) in [7, 11) is 0. The summed E-state index contributed by atoms with van der Waals surface area (Å²) in [5.74, 6) is -0.176. The Kier molecular flexibility index (Phi) is 4.01. The highest BCUT2D eigenvalue weighted by Gasteiger charge is 2.40. The minimum absolute atomic E-state index is 0.0706. The fourth-order valence-corrected chi connectivity index (χ4v) is 2.69. The van der Waals surface area contributed by atoms with Crippen LogP contribution in [0.15, 0.2) is 42.5 Å². The number of hydrogen-bond acceptors (Lipinski definition) is 3. The van der Waals surface area contributed by atoms with Crippen LogP contribution in [0, 0.1) is 0 Å². The van der Waals surface area contributed by atoms with Crippen molar-refractivity contribution >= 4 is 11.8 Å². The number of hydrogen-bond donors (Lipinski definition) is 1. The number of benzene rings is 1. The second-order valence-corrected chi connectivity index (χ2v) is 5.27. The average Bonchev–Trinajstić information content (AvgIpc) is 2.51. The second kappa shape index (κ2) is 6.10. The Morgan fingerprint density at radius 3 is 2.81 bits per heavy atom. The number of nitrogens with one attached hydrogen (secondary N) is 1. The zero-order valence-corrected chi connectivity index (χ0v) is 11.7. The minimum Gasteiger partial charge on any atom is -0.375 e. The molecule has 0 saturated carbocycles. The summed E-state index contributed by atoms with van der Waals surface area (Å²) in [6.07, 6.45) is 4.32. The van der Waals surface area contributed by atoms with Crippen LogP contribution in [0.4, 0.5) is 0 Å². The van der Waals surface area contributed by atoms with Crippen LogP contribution < -0.4 is 5.32 Å². The predicted octanol–water partition coefficient (Wildman–Crippen LogP) is 0.859. The van der Waals surface area contributed by atoms with Crippen molar-refractivity contribution in [2.45, 2.75) is 25.0 Å². The van der Waals surface area contributed by atoms with Gasteiger partial charge in [0.2, 0.25) is 11.8 Å². The third kappa shape index (κ3) is 2.97. The van der Waals surface area contributed by atoms with Crippen molar-refractivity contribution in [2.75, 3.05) is 13.2 Å². The average molecular weight is 286 g/mol. The van der Waals surface area contributed by atoms with Gasteiger partial charge in [-0.25, -0.2) is 0 Å². The van der Waals surface area contributed by atoms with Crippen molar-refractivity contribution < 1.29 is 14.3 Å². The molecule has 0 spiro atoms. The van der Waals surface area contributed by atoms with E-state index in [1.807, 2.05) is 42.5 Å². The van der Waals surface area contributed by atoms with Crippen LogP contribution in [0.25, 0.3) is 0 Å². The van der Waals surface area contributed by atoms with Gasteiger partial charge in [-0.05, 0) is 12.0 Å². The molecule has 1 aromatic rings. The van der Waals surface area contributed by atoms with Gasteiger partial charge in [0.05, 0.1) is 13.2 Å². The second-order valence-electron chi connectivity index (χ2n) is 5.27. The largest absolute Gasteiger partial charge is 0.375 e. The fraction of sp³-hybridized carbons (Fsp3) is 0.375. The number of ether oxygens (including phenoxy) is 1. The Balaban J connectivity index is 1.88. The zero-order valence-electron chi connectivity index (χ0n) is 11.7. The Morgan fingerprint density at radius 1 is 1.19 bits per heavy atom. The summed E-state index contributed by atoms with van der Waals surface area (Å²) < 4.78 is 5.41. The van der Waals surface area contributed by atoms with Gasteiger partial charge >= 0.3 is 0 Å². The van der Waals surface area contributed by atoms with Crippen LogP contribution in [0.5, 0.6) is 0 Å². The van der Waals surface area contributed by atoms with E-state index >= 15 is 0 Å². The molecule has 5 heteroatoms. The van der Waals surface area contributed by atoms with Crippen molar-refractivity contribution in [1.82, 2.24) is 10.2 Å². The minimum atomic E-state index is -0.580. The summed E-state index contributed by atoms with van der Waals surface area (Å²) in [6, 6.07) is 8.70. The predicted molar refractivity (Wildman–Crippen MR) is 77.3 cm³/mol. The van der Waals surface area contributed by atoms with E-state index in [0.717, 1.165) is 5.56 Å². The first-order valence-corrected chi connectivity index (χ1v) is 7.13. The SMILES string of the molecule is O=C1N[C@H]2COC/C=C\C[C@@H]1N(Cc1ccccc1)C2=O. The van der Waals surface area contributed by atoms with Crippen LogP contribution >= 0.6 is 0 Å². The third-order valence-corrected chi connectivity index (χ3v) is 3.80. The Hall–Kier alpha value is -2.14. The van der Waals surface area contributed by atoms with Gasteiger partial charge in [-0.3, -0.25) is 9.59 Å². The Labute approximate surface area is 123 Å². The standard InChI is InChI=1S/C16H18N2O3/c19-15-14-8-4-5-9-21-11-13(17-15)16(20)18(14)10-12-6-2-1-3-7-12/h1-7,13-14H,8-11H2,(H,17,19)/b5-4-/t13-,14-/m0/s1. The van der Waals surface area contributed by atoms with Gasteiger partial charge in [0.25, 0.3) is 0 Å². The van der Waals surface area contributed by atoms with Crippen molar-refractivity contribution in [3.63, 3.8) is 0 Å². The lowest BCUT2D eigenvalue weighted by atomic mass is 10.0. The van der Waals surface area contributed by atoms with Gasteiger partial charge in [0.1, 0.15) is 12.1 Å². The normalized spacial score (nSPS) is 27.3. The van der Waals surface area contributed by atoms with Gasteiger partial charge in [-0.1, -0.05) is 42.5 Å². The number of fused-ring (bicyclic) bond motifs is 6. The maximum Gasteiger partial charge on any atom is 0.248 e. The number of piperazine rings is 1. The van der Waals surface area contributed by atoms with Gasteiger partial charge in [0.15, 0.2) is 0 Å². The highest BCUT2D eigenvalue weighted by molar-refractivity contribution is 5.97. The van der Waals surface area contributed by atoms with Crippen molar-refractivity contribution in [2.24, 2.45) is 0 Å². The van der Waals surface area contributed by atoms with Crippen LogP contribution in [-0.2, 0) is 20.9 Å². The molecule has 0 aliphatic carbocycles. The Bertz CT molecular complexity index is 556. The van der Waals surface area contributed by atoms with Crippen LogP contribution in [0.3, 0.4) is 0 Å². The number of amides is 2. The van der Waals surface area contributed by atoms with Gasteiger partial charge in [-0.15, -0.1) is 0 Å². The topological polar surface area (TPSA) is 58.6 Å². The van der Waals surface area contributed by atoms with E-state index in [1.54, 1.807) is 4.90 Å². The highest BCUT2D eigenvalue weighted by atomic mass is 16.5. The molecule has 1 saturated heterocycles. The summed E-state index contributed by atoms with van der Waals surface area (Å²) in [5.41, 5.74) is 1.02. The van der Waals surface area contributed by atoms with E-state index in [4.69, 9.17) is 4.74 Å². The van der Waals surface area contributed by atoms with Crippen LogP contribution in [0.1, 0.15) is 12.0 Å². The summed E-state index contributed by atoms with van der Waals surface area (Å²) in [4.78, 5) is 26.5. The molecule has 110 valence electrons. The molecule has 1 fully saturated rings. The van der Waals surface area contributed by atoms with E-state index in [1.165, 1.54) is 0 Å². The first kappa shape index (κ1) is 13.8. The number of carbonyl (C=O) groups excluding carboxylic acids is 2. The molecule has 0 aromatic heterocycles. The van der Waals surface area contributed by atoms with Gasteiger partial charge < -0.3 is 15.0 Å². The molecule has 2 bridgehead atoms. The molecule has 5 nitrogen and oxygen atoms in total. The molecule has 3 heterocycles. The summed E-state index contributed by atoms with van der Waals surface area (Å²) in [5, 5.41) is 2.76. The smallest absolute Gasteiger partial charge is 0.248 e. The summed E-state index contributed by atoms with van der Waals surface area (Å²) >= 11 is 0. The lowest BCUT2D eigenvalue weighted by Crippen LogP contribution is -2.64. The quantitative estimate of drug-likeness (QED) is 0.820. The lowest BCUT2D eigenvalue weighted by Gasteiger charge is -2.39. The third-order valence-electron chi connectivity index (χ3n) is 3.80. The number of nitrogens with zero attached hydrogens (tertiary/aromatic N) is 1. The maximum absolute atomic E-state index is 12.6. The molecule has 1 aromatic carbocycles. The van der Waals surface area contributed by atoms with Crippen molar-refractivity contribution in [3.05, 3.63) is 48.0 Å². The molecule has 3 aliphatic rings. The van der Waals surface area contributed by atoms with Crippen molar-refractivity contribution in [3.8, 4) is 0 Å². The molecule has 2 amide bonds. The number of rotatable bonds is 2. The molecule has 2 atom stereocenters. The first-order chi connectivity index (χ1) is 10.3. The van der Waals surface area contributed by atoms with Gasteiger partial charge in [-0.2, -0.15) is 0 Å².